The number of hydrogen-bond acceptors (Lipinski definition) is 4. The van der Waals surface area contributed by atoms with Crippen LogP contribution in [0, 0.1) is 6.92 Å². The zero-order valence-electron chi connectivity index (χ0n) is 18.1. The molecule has 0 spiro atoms. The maximum Gasteiger partial charge on any atom is 0.232 e. The monoisotopic (exact) mass is 388 g/mol. The quantitative estimate of drug-likeness (QED) is 0.612. The fourth-order valence-electron chi connectivity index (χ4n) is 5.19. The lowest BCUT2D eigenvalue weighted by atomic mass is 10.2. The van der Waals surface area contributed by atoms with Crippen molar-refractivity contribution in [1.82, 2.24) is 14.6 Å². The van der Waals surface area contributed by atoms with Crippen LogP contribution in [0.15, 0.2) is 18.3 Å². The molecule has 0 N–H and O–H groups in total. The first-order chi connectivity index (χ1) is 12.8. The van der Waals surface area contributed by atoms with Gasteiger partial charge >= 0.3 is 0 Å². The van der Waals surface area contributed by atoms with E-state index < -0.39 is 8.32 Å². The van der Waals surface area contributed by atoms with Gasteiger partial charge in [0.2, 0.25) is 5.95 Å². The molecule has 1 atom stereocenters. The highest BCUT2D eigenvalue weighted by Crippen LogP contribution is 2.42. The Morgan fingerprint density at radius 2 is 1.74 bits per heavy atom. The Hall–Kier alpha value is -1.40. The van der Waals surface area contributed by atoms with Crippen molar-refractivity contribution < 1.29 is 4.43 Å². The lowest BCUT2D eigenvalue weighted by molar-refractivity contribution is 0.253. The van der Waals surface area contributed by atoms with Crippen LogP contribution in [0.3, 0.4) is 0 Å². The minimum atomic E-state index is -1.84. The van der Waals surface area contributed by atoms with E-state index in [0.717, 1.165) is 24.7 Å². The Kier molecular flexibility index (Phi) is 5.96. The molecule has 0 amide bonds. The largest absolute Gasteiger partial charge is 0.414 e. The van der Waals surface area contributed by atoms with Crippen molar-refractivity contribution in [3.8, 4) is 0 Å². The molecule has 2 aromatic heterocycles. The van der Waals surface area contributed by atoms with Crippen molar-refractivity contribution in [2.75, 3.05) is 18.1 Å². The third kappa shape index (κ3) is 3.66. The lowest BCUT2D eigenvalue weighted by Crippen LogP contribution is -2.50. The van der Waals surface area contributed by atoms with Gasteiger partial charge < -0.3 is 9.33 Å². The highest BCUT2D eigenvalue weighted by molar-refractivity contribution is 6.77. The van der Waals surface area contributed by atoms with Gasteiger partial charge in [0.1, 0.15) is 0 Å². The molecule has 3 rings (SSSR count). The average Bonchev–Trinajstić information content (AvgIpc) is 3.20. The van der Waals surface area contributed by atoms with E-state index in [2.05, 4.69) is 80.2 Å². The Morgan fingerprint density at radius 1 is 1.07 bits per heavy atom. The highest BCUT2D eigenvalue weighted by atomic mass is 28.4. The maximum absolute atomic E-state index is 6.90. The fraction of sp³-hybridized carbons (Fsp3) is 0.714. The minimum Gasteiger partial charge on any atom is -0.414 e. The van der Waals surface area contributed by atoms with Crippen LogP contribution < -0.4 is 4.90 Å². The predicted molar refractivity (Wildman–Crippen MR) is 115 cm³/mol. The summed E-state index contributed by atoms with van der Waals surface area (Å²) in [6.07, 6.45) is 4.49. The summed E-state index contributed by atoms with van der Waals surface area (Å²) in [7, 11) is -1.84. The van der Waals surface area contributed by atoms with E-state index in [4.69, 9.17) is 4.43 Å². The van der Waals surface area contributed by atoms with Crippen molar-refractivity contribution in [2.45, 2.75) is 84.0 Å². The van der Waals surface area contributed by atoms with Gasteiger partial charge in [0.25, 0.3) is 0 Å². The molecule has 150 valence electrons. The highest BCUT2D eigenvalue weighted by Gasteiger charge is 2.46. The Balaban J connectivity index is 1.83. The fourth-order valence-corrected chi connectivity index (χ4v) is 10.7. The number of pyridine rings is 1. The van der Waals surface area contributed by atoms with Crippen molar-refractivity contribution in [3.05, 3.63) is 23.9 Å². The molecule has 2 aromatic rings. The van der Waals surface area contributed by atoms with E-state index in [1.807, 2.05) is 6.07 Å². The maximum atomic E-state index is 6.90. The van der Waals surface area contributed by atoms with Crippen LogP contribution in [0.1, 0.15) is 59.9 Å². The molecular formula is C21H36N4OSi. The zero-order chi connectivity index (χ0) is 19.8. The minimum absolute atomic E-state index is 0.390. The van der Waals surface area contributed by atoms with Gasteiger partial charge in [0.15, 0.2) is 14.0 Å². The lowest BCUT2D eigenvalue weighted by Gasteiger charge is -2.43. The average molecular weight is 389 g/mol. The van der Waals surface area contributed by atoms with E-state index >= 15 is 0 Å². The van der Waals surface area contributed by atoms with E-state index in [1.165, 1.54) is 18.4 Å². The Morgan fingerprint density at radius 3 is 2.37 bits per heavy atom. The molecule has 0 aromatic carbocycles. The molecule has 27 heavy (non-hydrogen) atoms. The van der Waals surface area contributed by atoms with E-state index in [-0.39, 0.29) is 0 Å². The molecule has 1 saturated heterocycles. The number of fused-ring (bicyclic) bond motifs is 1. The molecular weight excluding hydrogens is 352 g/mol. The Bertz CT molecular complexity index is 749. The third-order valence-electron chi connectivity index (χ3n) is 6.40. The molecule has 0 aliphatic carbocycles. The molecule has 0 unspecified atom stereocenters. The third-order valence-corrected chi connectivity index (χ3v) is 12.5. The van der Waals surface area contributed by atoms with Crippen LogP contribution in [-0.4, -0.2) is 42.1 Å². The standard InChI is InChI=1S/C21H36N4OSi/c1-15(2)27(16(3)4,17(5)6)26-14-19-9-8-12-24(19)21-23-22-20-11-10-18(7)13-25(20)21/h10-11,13,15-17,19H,8-9,12,14H2,1-7H3/t19-/m0/s1. The summed E-state index contributed by atoms with van der Waals surface area (Å²) in [5, 5.41) is 8.88. The Labute approximate surface area is 165 Å². The summed E-state index contributed by atoms with van der Waals surface area (Å²) < 4.78 is 9.03. The molecule has 5 nitrogen and oxygen atoms in total. The van der Waals surface area contributed by atoms with Crippen molar-refractivity contribution in [2.24, 2.45) is 0 Å². The molecule has 0 radical (unpaired) electrons. The molecule has 3 heterocycles. The zero-order valence-corrected chi connectivity index (χ0v) is 19.1. The smallest absolute Gasteiger partial charge is 0.232 e. The van der Waals surface area contributed by atoms with E-state index in [1.54, 1.807) is 0 Å². The van der Waals surface area contributed by atoms with Gasteiger partial charge in [-0.1, -0.05) is 47.6 Å². The second kappa shape index (κ2) is 7.92. The van der Waals surface area contributed by atoms with E-state index in [0.29, 0.717) is 22.7 Å². The first-order valence-corrected chi connectivity index (χ1v) is 12.6. The van der Waals surface area contributed by atoms with Gasteiger partial charge in [-0.2, -0.15) is 0 Å². The summed E-state index contributed by atoms with van der Waals surface area (Å²) in [6, 6.07) is 4.52. The predicted octanol–water partition coefficient (Wildman–Crippen LogP) is 5.20. The summed E-state index contributed by atoms with van der Waals surface area (Å²) in [6.45, 7) is 18.1. The van der Waals surface area contributed by atoms with Crippen LogP contribution >= 0.6 is 0 Å². The summed E-state index contributed by atoms with van der Waals surface area (Å²) in [5.41, 5.74) is 3.98. The molecule has 6 heteroatoms. The van der Waals surface area contributed by atoms with Gasteiger partial charge in [-0.05, 0) is 48.0 Å². The van der Waals surface area contributed by atoms with Gasteiger partial charge in [0, 0.05) is 12.7 Å². The van der Waals surface area contributed by atoms with Gasteiger partial charge in [-0.25, -0.2) is 0 Å². The molecule has 1 aliphatic heterocycles. The second-order valence-corrected chi connectivity index (χ2v) is 14.5. The number of aromatic nitrogens is 3. The van der Waals surface area contributed by atoms with Crippen LogP contribution in [0.25, 0.3) is 5.65 Å². The topological polar surface area (TPSA) is 42.7 Å². The van der Waals surface area contributed by atoms with Crippen LogP contribution in [0.2, 0.25) is 16.6 Å². The first-order valence-electron chi connectivity index (χ1n) is 10.5. The molecule has 0 bridgehead atoms. The number of aryl methyl sites for hydroxylation is 1. The van der Waals surface area contributed by atoms with Gasteiger partial charge in [0.05, 0.1) is 12.6 Å². The van der Waals surface area contributed by atoms with Crippen LogP contribution in [0.4, 0.5) is 5.95 Å². The number of hydrogen-bond donors (Lipinski definition) is 0. The summed E-state index contributed by atoms with van der Waals surface area (Å²) in [5.74, 6) is 0.964. The van der Waals surface area contributed by atoms with Crippen LogP contribution in [0.5, 0.6) is 0 Å². The summed E-state index contributed by atoms with van der Waals surface area (Å²) in [4.78, 5) is 2.42. The van der Waals surface area contributed by atoms with Crippen molar-refractivity contribution >= 4 is 19.9 Å². The van der Waals surface area contributed by atoms with Gasteiger partial charge in [-0.15, -0.1) is 10.2 Å². The van der Waals surface area contributed by atoms with Gasteiger partial charge in [-0.3, -0.25) is 4.40 Å². The number of nitrogens with zero attached hydrogens (tertiary/aromatic N) is 4. The molecule has 1 aliphatic rings. The number of rotatable bonds is 7. The summed E-state index contributed by atoms with van der Waals surface area (Å²) >= 11 is 0. The molecule has 1 fully saturated rings. The van der Waals surface area contributed by atoms with Crippen molar-refractivity contribution in [3.63, 3.8) is 0 Å². The first kappa shape index (κ1) is 20.3. The molecule has 0 saturated carbocycles. The second-order valence-electron chi connectivity index (χ2n) is 9.05. The normalized spacial score (nSPS) is 18.6. The van der Waals surface area contributed by atoms with Crippen molar-refractivity contribution in [1.29, 1.82) is 0 Å². The van der Waals surface area contributed by atoms with E-state index in [9.17, 15) is 0 Å². The number of anilines is 1. The van der Waals surface area contributed by atoms with Crippen LogP contribution in [-0.2, 0) is 4.43 Å². The SMILES string of the molecule is Cc1ccc2nnc(N3CCC[C@H]3CO[Si](C(C)C)(C(C)C)C(C)C)n2c1.